The summed E-state index contributed by atoms with van der Waals surface area (Å²) in [5.41, 5.74) is 8.75. The summed E-state index contributed by atoms with van der Waals surface area (Å²) in [6.07, 6.45) is 4.26. The molecular weight excluding hydrogens is 198 g/mol. The molecular formula is C13H19N3. The van der Waals surface area contributed by atoms with Crippen molar-refractivity contribution in [1.82, 2.24) is 0 Å². The van der Waals surface area contributed by atoms with Crippen LogP contribution in [0.15, 0.2) is 48.9 Å². The zero-order valence-corrected chi connectivity index (χ0v) is 9.90. The van der Waals surface area contributed by atoms with Crippen molar-refractivity contribution in [2.45, 2.75) is 13.3 Å². The summed E-state index contributed by atoms with van der Waals surface area (Å²) in [4.78, 5) is 1.99. The molecule has 3 heteroatoms. The van der Waals surface area contributed by atoms with E-state index in [1.807, 2.05) is 36.2 Å². The lowest BCUT2D eigenvalue weighted by molar-refractivity contribution is 1.00. The minimum atomic E-state index is 0.862. The number of para-hydroxylation sites is 2. The van der Waals surface area contributed by atoms with Gasteiger partial charge in [0.05, 0.1) is 11.4 Å². The summed E-state index contributed by atoms with van der Waals surface area (Å²) >= 11 is 0. The molecule has 0 saturated carbocycles. The maximum Gasteiger partial charge on any atom is 0.0685 e. The Hall–Kier alpha value is -1.90. The predicted molar refractivity (Wildman–Crippen MR) is 71.2 cm³/mol. The number of nitrogens with one attached hydrogen (secondary N) is 1. The molecule has 1 aromatic rings. The molecule has 0 amide bonds. The summed E-state index contributed by atoms with van der Waals surface area (Å²) in [5.74, 6) is 0. The van der Waals surface area contributed by atoms with E-state index >= 15 is 0 Å². The molecule has 0 aromatic heterocycles. The molecule has 0 aliphatic heterocycles. The highest BCUT2D eigenvalue weighted by Gasteiger charge is 2.10. The Morgan fingerprint density at radius 1 is 1.50 bits per heavy atom. The smallest absolute Gasteiger partial charge is 0.0685 e. The largest absolute Gasteiger partial charge is 0.403 e. The third-order valence-electron chi connectivity index (χ3n) is 2.48. The summed E-state index contributed by atoms with van der Waals surface area (Å²) in [5, 5.41) is 3.16. The maximum absolute atomic E-state index is 5.62. The first-order chi connectivity index (χ1) is 7.78. The van der Waals surface area contributed by atoms with Crippen molar-refractivity contribution in [3.05, 3.63) is 48.9 Å². The third-order valence-corrected chi connectivity index (χ3v) is 2.48. The van der Waals surface area contributed by atoms with Crippen LogP contribution in [0.4, 0.5) is 11.4 Å². The molecule has 86 valence electrons. The normalized spacial score (nSPS) is 11.0. The fourth-order valence-corrected chi connectivity index (χ4v) is 1.63. The molecule has 0 atom stereocenters. The van der Waals surface area contributed by atoms with Gasteiger partial charge < -0.3 is 16.0 Å². The Morgan fingerprint density at radius 2 is 2.19 bits per heavy atom. The monoisotopic (exact) mass is 217 g/mol. The van der Waals surface area contributed by atoms with Crippen molar-refractivity contribution < 1.29 is 0 Å². The van der Waals surface area contributed by atoms with Crippen LogP contribution in [0.25, 0.3) is 0 Å². The van der Waals surface area contributed by atoms with Gasteiger partial charge >= 0.3 is 0 Å². The van der Waals surface area contributed by atoms with Crippen LogP contribution in [0.1, 0.15) is 13.3 Å². The van der Waals surface area contributed by atoms with E-state index in [4.69, 9.17) is 5.73 Å². The van der Waals surface area contributed by atoms with Crippen LogP contribution in [0.2, 0.25) is 0 Å². The molecule has 0 bridgehead atoms. The van der Waals surface area contributed by atoms with Crippen molar-refractivity contribution in [3.8, 4) is 0 Å². The highest BCUT2D eigenvalue weighted by atomic mass is 15.1. The Bertz CT molecular complexity index is 383. The third kappa shape index (κ3) is 2.37. The van der Waals surface area contributed by atoms with Gasteiger partial charge in [0.1, 0.15) is 0 Å². The molecule has 16 heavy (non-hydrogen) atoms. The van der Waals surface area contributed by atoms with Crippen molar-refractivity contribution >= 4 is 11.4 Å². The van der Waals surface area contributed by atoms with E-state index in [9.17, 15) is 0 Å². The number of hydrogen-bond donors (Lipinski definition) is 2. The molecule has 1 aromatic carbocycles. The SMILES string of the molecule is C=CN(/C(=C\N)CC)c1ccccc1NC. The number of benzene rings is 1. The Labute approximate surface area is 97.3 Å². The average Bonchev–Trinajstić information content (AvgIpc) is 2.35. The van der Waals surface area contributed by atoms with Gasteiger partial charge in [-0.2, -0.15) is 0 Å². The predicted octanol–water partition coefficient (Wildman–Crippen LogP) is 2.89. The quantitative estimate of drug-likeness (QED) is 0.796. The minimum absolute atomic E-state index is 0.862. The van der Waals surface area contributed by atoms with Gasteiger partial charge in [-0.3, -0.25) is 0 Å². The molecule has 0 saturated heterocycles. The summed E-state index contributed by atoms with van der Waals surface area (Å²) in [6.45, 7) is 5.90. The lowest BCUT2D eigenvalue weighted by Crippen LogP contribution is -2.17. The second kappa shape index (κ2) is 5.85. The highest BCUT2D eigenvalue weighted by molar-refractivity contribution is 5.73. The maximum atomic E-state index is 5.62. The Kier molecular flexibility index (Phi) is 4.45. The van der Waals surface area contributed by atoms with Gasteiger partial charge in [-0.1, -0.05) is 25.6 Å². The van der Waals surface area contributed by atoms with Crippen LogP contribution >= 0.6 is 0 Å². The first kappa shape index (κ1) is 12.2. The zero-order valence-electron chi connectivity index (χ0n) is 9.90. The van der Waals surface area contributed by atoms with Crippen molar-refractivity contribution in [1.29, 1.82) is 0 Å². The van der Waals surface area contributed by atoms with E-state index in [-0.39, 0.29) is 0 Å². The highest BCUT2D eigenvalue weighted by Crippen LogP contribution is 2.28. The molecule has 1 rings (SSSR count). The van der Waals surface area contributed by atoms with Gasteiger partial charge in [-0.25, -0.2) is 0 Å². The van der Waals surface area contributed by atoms with E-state index in [0.717, 1.165) is 23.5 Å². The number of nitrogens with two attached hydrogens (primary N) is 1. The van der Waals surface area contributed by atoms with Crippen LogP contribution < -0.4 is 16.0 Å². The second-order valence-electron chi connectivity index (χ2n) is 3.33. The standard InChI is InChI=1S/C13H19N3/c1-4-11(10-14)16(5-2)13-9-7-6-8-12(13)15-3/h5-10,15H,2,4,14H2,1,3H3/b11-10-. The molecule has 0 radical (unpaired) electrons. The fraction of sp³-hybridized carbons (Fsp3) is 0.231. The fourth-order valence-electron chi connectivity index (χ4n) is 1.63. The van der Waals surface area contributed by atoms with Crippen molar-refractivity contribution in [2.24, 2.45) is 5.73 Å². The van der Waals surface area contributed by atoms with Gasteiger partial charge in [0, 0.05) is 25.1 Å². The summed E-state index contributed by atoms with van der Waals surface area (Å²) in [6, 6.07) is 8.05. The molecule has 0 spiro atoms. The van der Waals surface area contributed by atoms with E-state index in [1.54, 1.807) is 12.4 Å². The van der Waals surface area contributed by atoms with E-state index in [1.165, 1.54) is 0 Å². The van der Waals surface area contributed by atoms with Gasteiger partial charge in [0.25, 0.3) is 0 Å². The lowest BCUT2D eigenvalue weighted by atomic mass is 10.2. The summed E-state index contributed by atoms with van der Waals surface area (Å²) in [7, 11) is 1.90. The molecule has 0 heterocycles. The number of rotatable bonds is 5. The van der Waals surface area contributed by atoms with Crippen LogP contribution in [-0.4, -0.2) is 7.05 Å². The van der Waals surface area contributed by atoms with E-state index in [2.05, 4.69) is 18.8 Å². The first-order valence-electron chi connectivity index (χ1n) is 5.37. The Balaban J connectivity index is 3.17. The second-order valence-corrected chi connectivity index (χ2v) is 3.33. The van der Waals surface area contributed by atoms with Crippen molar-refractivity contribution in [2.75, 3.05) is 17.3 Å². The van der Waals surface area contributed by atoms with E-state index < -0.39 is 0 Å². The van der Waals surface area contributed by atoms with Crippen LogP contribution in [0.5, 0.6) is 0 Å². The van der Waals surface area contributed by atoms with Crippen LogP contribution in [0, 0.1) is 0 Å². The van der Waals surface area contributed by atoms with Gasteiger partial charge in [-0.15, -0.1) is 0 Å². The number of anilines is 2. The Morgan fingerprint density at radius 3 is 2.69 bits per heavy atom. The lowest BCUT2D eigenvalue weighted by Gasteiger charge is -2.24. The average molecular weight is 217 g/mol. The number of nitrogens with zero attached hydrogens (tertiary/aromatic N) is 1. The molecule has 0 unspecified atom stereocenters. The van der Waals surface area contributed by atoms with Crippen molar-refractivity contribution in [3.63, 3.8) is 0 Å². The van der Waals surface area contributed by atoms with E-state index in [0.29, 0.717) is 0 Å². The van der Waals surface area contributed by atoms with Crippen LogP contribution in [-0.2, 0) is 0 Å². The van der Waals surface area contributed by atoms with Gasteiger partial charge in [0.15, 0.2) is 0 Å². The molecule has 3 N–H and O–H groups in total. The molecule has 3 nitrogen and oxygen atoms in total. The molecule has 0 aliphatic rings. The molecule has 0 aliphatic carbocycles. The summed E-state index contributed by atoms with van der Waals surface area (Å²) < 4.78 is 0. The topological polar surface area (TPSA) is 41.3 Å². The number of hydrogen-bond acceptors (Lipinski definition) is 3. The van der Waals surface area contributed by atoms with Gasteiger partial charge in [-0.05, 0) is 18.6 Å². The number of allylic oxidation sites excluding steroid dienone is 1. The molecule has 0 fully saturated rings. The van der Waals surface area contributed by atoms with Crippen LogP contribution in [0.3, 0.4) is 0 Å². The van der Waals surface area contributed by atoms with Gasteiger partial charge in [0.2, 0.25) is 0 Å². The minimum Gasteiger partial charge on any atom is -0.403 e. The zero-order chi connectivity index (χ0) is 12.0. The first-order valence-corrected chi connectivity index (χ1v) is 5.37.